The molecule has 0 aromatic carbocycles. The number of amides is 4. The highest BCUT2D eigenvalue weighted by atomic mass is 16.4. The van der Waals surface area contributed by atoms with E-state index in [1.165, 1.54) is 11.8 Å². The fourth-order valence-electron chi connectivity index (χ4n) is 2.12. The van der Waals surface area contributed by atoms with Crippen molar-refractivity contribution in [1.82, 2.24) is 15.1 Å². The third kappa shape index (κ3) is 3.25. The number of carbonyl (C=O) groups is 4. The van der Waals surface area contributed by atoms with Gasteiger partial charge in [0, 0.05) is 6.54 Å². The Morgan fingerprint density at radius 3 is 2.60 bits per heavy atom. The number of nitrogens with zero attached hydrogens (tertiary/aromatic N) is 2. The van der Waals surface area contributed by atoms with Crippen molar-refractivity contribution in [2.24, 2.45) is 5.92 Å². The molecule has 1 saturated carbocycles. The molecule has 2 aliphatic rings. The third-order valence-corrected chi connectivity index (χ3v) is 3.44. The molecular weight excluding hydrogens is 266 g/mol. The summed E-state index contributed by atoms with van der Waals surface area (Å²) in [6.45, 7) is 1.21. The normalized spacial score (nSPS) is 22.4. The Labute approximate surface area is 115 Å². The molecule has 0 bridgehead atoms. The lowest BCUT2D eigenvalue weighted by Gasteiger charge is -2.35. The Kier molecular flexibility index (Phi) is 3.91. The first-order valence-corrected chi connectivity index (χ1v) is 6.49. The zero-order valence-electron chi connectivity index (χ0n) is 11.2. The van der Waals surface area contributed by atoms with Gasteiger partial charge in [0.1, 0.15) is 19.1 Å². The molecule has 0 aromatic rings. The van der Waals surface area contributed by atoms with Crippen LogP contribution in [-0.4, -0.2) is 64.4 Å². The number of carboxylic acid groups (broad SMARTS) is 1. The van der Waals surface area contributed by atoms with Crippen molar-refractivity contribution >= 4 is 23.8 Å². The van der Waals surface area contributed by atoms with Crippen LogP contribution >= 0.6 is 0 Å². The average Bonchev–Trinajstić information content (AvgIpc) is 3.15. The quantitative estimate of drug-likeness (QED) is 0.660. The fraction of sp³-hybridized carbons (Fsp3) is 0.667. The largest absolute Gasteiger partial charge is 0.480 e. The molecule has 8 heteroatoms. The SMILES string of the molecule is CC1C(=O)NC(=O)CN1C(=O)N(CC(=O)O)CC1CC1. The fourth-order valence-corrected chi connectivity index (χ4v) is 2.12. The number of aliphatic carboxylic acids is 1. The Bertz CT molecular complexity index is 460. The standard InChI is InChI=1S/C12H17N3O5/c1-7-11(19)13-9(16)5-15(7)12(20)14(6-10(17)18)4-8-2-3-8/h7-8H,2-6H2,1H3,(H,17,18)(H,13,16,19). The molecule has 2 N–H and O–H groups in total. The molecule has 110 valence electrons. The molecule has 1 heterocycles. The van der Waals surface area contributed by atoms with Gasteiger partial charge in [0.25, 0.3) is 0 Å². The summed E-state index contributed by atoms with van der Waals surface area (Å²) in [5, 5.41) is 11.0. The first kappa shape index (κ1) is 14.3. The molecule has 1 atom stereocenters. The van der Waals surface area contributed by atoms with E-state index in [1.807, 2.05) is 0 Å². The third-order valence-electron chi connectivity index (χ3n) is 3.44. The summed E-state index contributed by atoms with van der Waals surface area (Å²) in [6.07, 6.45) is 1.94. The van der Waals surface area contributed by atoms with Gasteiger partial charge in [0.2, 0.25) is 11.8 Å². The highest BCUT2D eigenvalue weighted by Crippen LogP contribution is 2.30. The monoisotopic (exact) mass is 283 g/mol. The highest BCUT2D eigenvalue weighted by molar-refractivity contribution is 6.04. The van der Waals surface area contributed by atoms with E-state index in [1.54, 1.807) is 0 Å². The van der Waals surface area contributed by atoms with Crippen molar-refractivity contribution in [2.75, 3.05) is 19.6 Å². The second-order valence-corrected chi connectivity index (χ2v) is 5.22. The van der Waals surface area contributed by atoms with Gasteiger partial charge in [-0.3, -0.25) is 19.7 Å². The second kappa shape index (κ2) is 5.48. The number of imide groups is 1. The van der Waals surface area contributed by atoms with Crippen LogP contribution in [-0.2, 0) is 14.4 Å². The molecule has 2 rings (SSSR count). The predicted octanol–water partition coefficient (Wildman–Crippen LogP) is -0.750. The van der Waals surface area contributed by atoms with Crippen LogP contribution in [0.1, 0.15) is 19.8 Å². The van der Waals surface area contributed by atoms with E-state index < -0.39 is 36.4 Å². The Morgan fingerprint density at radius 2 is 2.05 bits per heavy atom. The van der Waals surface area contributed by atoms with Gasteiger partial charge in [-0.05, 0) is 25.7 Å². The zero-order chi connectivity index (χ0) is 14.9. The van der Waals surface area contributed by atoms with Crippen LogP contribution in [0.5, 0.6) is 0 Å². The highest BCUT2D eigenvalue weighted by Gasteiger charge is 2.37. The Hall–Kier alpha value is -2.12. The molecule has 8 nitrogen and oxygen atoms in total. The Morgan fingerprint density at radius 1 is 1.40 bits per heavy atom. The first-order chi connectivity index (χ1) is 9.38. The molecule has 4 amide bonds. The summed E-state index contributed by atoms with van der Waals surface area (Å²) >= 11 is 0. The molecule has 1 aliphatic carbocycles. The predicted molar refractivity (Wildman–Crippen MR) is 66.6 cm³/mol. The van der Waals surface area contributed by atoms with E-state index >= 15 is 0 Å². The summed E-state index contributed by atoms with van der Waals surface area (Å²) in [5.74, 6) is -1.89. The summed E-state index contributed by atoms with van der Waals surface area (Å²) in [6, 6.07) is -1.36. The smallest absolute Gasteiger partial charge is 0.323 e. The van der Waals surface area contributed by atoms with Gasteiger partial charge in [-0.2, -0.15) is 0 Å². The summed E-state index contributed by atoms with van der Waals surface area (Å²) in [7, 11) is 0. The number of piperazine rings is 1. The molecule has 1 saturated heterocycles. The van der Waals surface area contributed by atoms with Crippen LogP contribution < -0.4 is 5.32 Å². The van der Waals surface area contributed by atoms with Crippen molar-refractivity contribution in [1.29, 1.82) is 0 Å². The Balaban J connectivity index is 2.09. The number of carbonyl (C=O) groups excluding carboxylic acids is 3. The minimum absolute atomic E-state index is 0.230. The maximum atomic E-state index is 12.4. The van der Waals surface area contributed by atoms with E-state index in [9.17, 15) is 19.2 Å². The van der Waals surface area contributed by atoms with Gasteiger partial charge in [0.15, 0.2) is 0 Å². The average molecular weight is 283 g/mol. The molecule has 0 aromatic heterocycles. The van der Waals surface area contributed by atoms with Gasteiger partial charge in [0.05, 0.1) is 0 Å². The maximum Gasteiger partial charge on any atom is 0.323 e. The van der Waals surface area contributed by atoms with Crippen molar-refractivity contribution < 1.29 is 24.3 Å². The zero-order valence-corrected chi connectivity index (χ0v) is 11.2. The van der Waals surface area contributed by atoms with Gasteiger partial charge in [-0.25, -0.2) is 4.79 Å². The van der Waals surface area contributed by atoms with Crippen molar-refractivity contribution in [3.63, 3.8) is 0 Å². The van der Waals surface area contributed by atoms with Crippen LogP contribution in [0.4, 0.5) is 4.79 Å². The first-order valence-electron chi connectivity index (χ1n) is 6.49. The molecule has 2 fully saturated rings. The number of nitrogens with one attached hydrogen (secondary N) is 1. The van der Waals surface area contributed by atoms with Crippen LogP contribution in [0.3, 0.4) is 0 Å². The number of hydrogen-bond acceptors (Lipinski definition) is 4. The minimum atomic E-state index is -1.11. The van der Waals surface area contributed by atoms with Crippen molar-refractivity contribution in [3.8, 4) is 0 Å². The van der Waals surface area contributed by atoms with Crippen molar-refractivity contribution in [3.05, 3.63) is 0 Å². The van der Waals surface area contributed by atoms with Crippen molar-refractivity contribution in [2.45, 2.75) is 25.8 Å². The van der Waals surface area contributed by atoms with E-state index in [2.05, 4.69) is 5.32 Å². The topological polar surface area (TPSA) is 107 Å². The van der Waals surface area contributed by atoms with E-state index in [0.717, 1.165) is 17.7 Å². The van der Waals surface area contributed by atoms with E-state index in [4.69, 9.17) is 5.11 Å². The molecular formula is C12H17N3O5. The second-order valence-electron chi connectivity index (χ2n) is 5.22. The van der Waals surface area contributed by atoms with Gasteiger partial charge < -0.3 is 14.9 Å². The van der Waals surface area contributed by atoms with Crippen LogP contribution in [0.2, 0.25) is 0 Å². The van der Waals surface area contributed by atoms with E-state index in [0.29, 0.717) is 12.5 Å². The summed E-state index contributed by atoms with van der Waals surface area (Å²) in [5.41, 5.74) is 0. The van der Waals surface area contributed by atoms with Crippen LogP contribution in [0.25, 0.3) is 0 Å². The number of rotatable bonds is 4. The van der Waals surface area contributed by atoms with Crippen LogP contribution in [0.15, 0.2) is 0 Å². The van der Waals surface area contributed by atoms with Gasteiger partial charge >= 0.3 is 12.0 Å². The maximum absolute atomic E-state index is 12.4. The molecule has 1 aliphatic heterocycles. The number of hydrogen-bond donors (Lipinski definition) is 2. The van der Waals surface area contributed by atoms with E-state index in [-0.39, 0.29) is 6.54 Å². The van der Waals surface area contributed by atoms with Gasteiger partial charge in [-0.1, -0.05) is 0 Å². The van der Waals surface area contributed by atoms with Gasteiger partial charge in [-0.15, -0.1) is 0 Å². The minimum Gasteiger partial charge on any atom is -0.480 e. The molecule has 1 unspecified atom stereocenters. The summed E-state index contributed by atoms with van der Waals surface area (Å²) in [4.78, 5) is 48.4. The molecule has 0 spiro atoms. The lowest BCUT2D eigenvalue weighted by atomic mass is 10.2. The lowest BCUT2D eigenvalue weighted by molar-refractivity contribution is -0.138. The lowest BCUT2D eigenvalue weighted by Crippen LogP contribution is -2.61. The summed E-state index contributed by atoms with van der Waals surface area (Å²) < 4.78 is 0. The van der Waals surface area contributed by atoms with Crippen LogP contribution in [0, 0.1) is 5.92 Å². The number of carboxylic acids is 1. The molecule has 20 heavy (non-hydrogen) atoms. The number of urea groups is 1. The molecule has 0 radical (unpaired) electrons.